The highest BCUT2D eigenvalue weighted by molar-refractivity contribution is 5.56. The number of nitrogens with one attached hydrogen (secondary N) is 1. The van der Waals surface area contributed by atoms with Crippen LogP contribution < -0.4 is 10.1 Å². The van der Waals surface area contributed by atoms with Crippen LogP contribution in [0.4, 0.5) is 11.4 Å². The molecule has 1 unspecified atom stereocenters. The van der Waals surface area contributed by atoms with Crippen LogP contribution in [-0.2, 0) is 0 Å². The SMILES string of the molecule is CCCOc1cc(NCC(O)CC(C)C)cc([N+](=O)[O-])c1. The van der Waals surface area contributed by atoms with Crippen molar-refractivity contribution in [2.24, 2.45) is 5.92 Å². The Hall–Kier alpha value is -1.82. The van der Waals surface area contributed by atoms with Gasteiger partial charge in [0.2, 0.25) is 0 Å². The van der Waals surface area contributed by atoms with Gasteiger partial charge in [0.05, 0.1) is 23.7 Å². The van der Waals surface area contributed by atoms with E-state index in [0.29, 0.717) is 36.9 Å². The quantitative estimate of drug-likeness (QED) is 0.540. The lowest BCUT2D eigenvalue weighted by atomic mass is 10.1. The number of nitrogens with zero attached hydrogens (tertiary/aromatic N) is 1. The molecule has 1 rings (SSSR count). The predicted molar refractivity (Wildman–Crippen MR) is 82.8 cm³/mol. The Labute approximate surface area is 125 Å². The Morgan fingerprint density at radius 1 is 1.38 bits per heavy atom. The van der Waals surface area contributed by atoms with E-state index in [-0.39, 0.29) is 5.69 Å². The fourth-order valence-electron chi connectivity index (χ4n) is 1.96. The molecule has 0 fully saturated rings. The fraction of sp³-hybridized carbons (Fsp3) is 0.600. The number of nitro groups is 1. The summed E-state index contributed by atoms with van der Waals surface area (Å²) in [5.74, 6) is 0.863. The van der Waals surface area contributed by atoms with E-state index in [9.17, 15) is 15.2 Å². The summed E-state index contributed by atoms with van der Waals surface area (Å²) in [6.45, 7) is 6.91. The highest BCUT2D eigenvalue weighted by Gasteiger charge is 2.12. The predicted octanol–water partition coefficient (Wildman–Crippen LogP) is 3.20. The second kappa shape index (κ2) is 8.46. The van der Waals surface area contributed by atoms with Crippen molar-refractivity contribution in [2.45, 2.75) is 39.7 Å². The lowest BCUT2D eigenvalue weighted by Crippen LogP contribution is -2.21. The number of rotatable bonds is 9. The average molecular weight is 296 g/mol. The monoisotopic (exact) mass is 296 g/mol. The molecule has 0 heterocycles. The summed E-state index contributed by atoms with van der Waals surface area (Å²) in [5, 5.41) is 23.8. The van der Waals surface area contributed by atoms with Gasteiger partial charge in [-0.3, -0.25) is 10.1 Å². The molecule has 21 heavy (non-hydrogen) atoms. The smallest absolute Gasteiger partial charge is 0.275 e. The Balaban J connectivity index is 2.75. The molecule has 0 bridgehead atoms. The maximum atomic E-state index is 10.9. The van der Waals surface area contributed by atoms with Crippen LogP contribution in [0.1, 0.15) is 33.6 Å². The summed E-state index contributed by atoms with van der Waals surface area (Å²) in [7, 11) is 0. The number of non-ortho nitro benzene ring substituents is 1. The van der Waals surface area contributed by atoms with Crippen molar-refractivity contribution in [2.75, 3.05) is 18.5 Å². The van der Waals surface area contributed by atoms with Crippen LogP contribution >= 0.6 is 0 Å². The Kier molecular flexibility index (Phi) is 6.94. The van der Waals surface area contributed by atoms with Crippen LogP contribution in [0.3, 0.4) is 0 Å². The van der Waals surface area contributed by atoms with Crippen molar-refractivity contribution >= 4 is 11.4 Å². The molecule has 1 atom stereocenters. The number of nitro benzene ring substituents is 1. The molecule has 0 amide bonds. The third kappa shape index (κ3) is 6.44. The number of ether oxygens (including phenoxy) is 1. The minimum atomic E-state index is -0.482. The minimum Gasteiger partial charge on any atom is -0.493 e. The standard InChI is InChI=1S/C15H24N2O4/c1-4-5-21-15-8-12(7-13(9-15)17(19)20)16-10-14(18)6-11(2)3/h7-9,11,14,16,18H,4-6,10H2,1-3H3. The molecule has 1 aromatic carbocycles. The maximum absolute atomic E-state index is 10.9. The van der Waals surface area contributed by atoms with Crippen LogP contribution in [0.25, 0.3) is 0 Å². The van der Waals surface area contributed by atoms with Crippen molar-refractivity contribution in [3.8, 4) is 5.75 Å². The van der Waals surface area contributed by atoms with Crippen LogP contribution in [0, 0.1) is 16.0 Å². The van der Waals surface area contributed by atoms with Gasteiger partial charge in [-0.05, 0) is 18.8 Å². The molecular weight excluding hydrogens is 272 g/mol. The van der Waals surface area contributed by atoms with E-state index >= 15 is 0 Å². The van der Waals surface area contributed by atoms with Crippen molar-refractivity contribution in [1.29, 1.82) is 0 Å². The van der Waals surface area contributed by atoms with E-state index in [1.54, 1.807) is 6.07 Å². The fourth-order valence-corrected chi connectivity index (χ4v) is 1.96. The Bertz CT molecular complexity index is 463. The summed E-state index contributed by atoms with van der Waals surface area (Å²) >= 11 is 0. The molecule has 6 nitrogen and oxygen atoms in total. The van der Waals surface area contributed by atoms with Crippen molar-refractivity contribution in [3.63, 3.8) is 0 Å². The van der Waals surface area contributed by atoms with Crippen molar-refractivity contribution in [1.82, 2.24) is 0 Å². The normalized spacial score (nSPS) is 12.2. The second-order valence-corrected chi connectivity index (χ2v) is 5.49. The average Bonchev–Trinajstić information content (AvgIpc) is 2.42. The van der Waals surface area contributed by atoms with Gasteiger partial charge in [0.15, 0.2) is 0 Å². The molecule has 0 spiro atoms. The van der Waals surface area contributed by atoms with E-state index < -0.39 is 11.0 Å². The molecule has 0 aliphatic heterocycles. The molecule has 0 radical (unpaired) electrons. The molecule has 6 heteroatoms. The third-order valence-electron chi connectivity index (χ3n) is 2.86. The molecule has 2 N–H and O–H groups in total. The summed E-state index contributed by atoms with van der Waals surface area (Å²) in [5.41, 5.74) is 0.558. The molecule has 1 aromatic rings. The van der Waals surface area contributed by atoms with E-state index in [1.165, 1.54) is 12.1 Å². The minimum absolute atomic E-state index is 0.0237. The first kappa shape index (κ1) is 17.2. The topological polar surface area (TPSA) is 84.6 Å². The van der Waals surface area contributed by atoms with Gasteiger partial charge in [-0.1, -0.05) is 20.8 Å². The lowest BCUT2D eigenvalue weighted by Gasteiger charge is -2.15. The Morgan fingerprint density at radius 3 is 2.67 bits per heavy atom. The number of hydrogen-bond acceptors (Lipinski definition) is 5. The highest BCUT2D eigenvalue weighted by Crippen LogP contribution is 2.26. The van der Waals surface area contributed by atoms with Crippen LogP contribution in [0.15, 0.2) is 18.2 Å². The third-order valence-corrected chi connectivity index (χ3v) is 2.86. The first-order chi connectivity index (χ1) is 9.92. The first-order valence-electron chi connectivity index (χ1n) is 7.26. The summed E-state index contributed by atoms with van der Waals surface area (Å²) in [6, 6.07) is 4.57. The molecule has 118 valence electrons. The number of benzene rings is 1. The van der Waals surface area contributed by atoms with Crippen LogP contribution in [0.5, 0.6) is 5.75 Å². The summed E-state index contributed by atoms with van der Waals surface area (Å²) in [4.78, 5) is 10.5. The summed E-state index contributed by atoms with van der Waals surface area (Å²) < 4.78 is 5.45. The van der Waals surface area contributed by atoms with Crippen LogP contribution in [0.2, 0.25) is 0 Å². The van der Waals surface area contributed by atoms with E-state index in [4.69, 9.17) is 4.74 Å². The van der Waals surface area contributed by atoms with Gasteiger partial charge >= 0.3 is 0 Å². The van der Waals surface area contributed by atoms with Crippen LogP contribution in [-0.4, -0.2) is 29.3 Å². The first-order valence-corrected chi connectivity index (χ1v) is 7.26. The van der Waals surface area contributed by atoms with E-state index in [2.05, 4.69) is 5.32 Å². The number of anilines is 1. The lowest BCUT2D eigenvalue weighted by molar-refractivity contribution is -0.384. The zero-order chi connectivity index (χ0) is 15.8. The zero-order valence-electron chi connectivity index (χ0n) is 12.8. The Morgan fingerprint density at radius 2 is 2.10 bits per heavy atom. The van der Waals surface area contributed by atoms with E-state index in [1.807, 2.05) is 20.8 Å². The largest absolute Gasteiger partial charge is 0.493 e. The second-order valence-electron chi connectivity index (χ2n) is 5.49. The van der Waals surface area contributed by atoms with Gasteiger partial charge in [-0.2, -0.15) is 0 Å². The molecule has 0 saturated carbocycles. The number of aliphatic hydroxyl groups excluding tert-OH is 1. The molecule has 0 aliphatic rings. The van der Waals surface area contributed by atoms with Gasteiger partial charge < -0.3 is 15.2 Å². The van der Waals surface area contributed by atoms with Gasteiger partial charge in [-0.25, -0.2) is 0 Å². The van der Waals surface area contributed by atoms with Crippen molar-refractivity contribution < 1.29 is 14.8 Å². The molecule has 0 aromatic heterocycles. The zero-order valence-corrected chi connectivity index (χ0v) is 12.8. The van der Waals surface area contributed by atoms with Gasteiger partial charge in [0.25, 0.3) is 5.69 Å². The number of aliphatic hydroxyl groups is 1. The molecular formula is C15H24N2O4. The number of hydrogen-bond donors (Lipinski definition) is 2. The molecule has 0 saturated heterocycles. The highest BCUT2D eigenvalue weighted by atomic mass is 16.6. The maximum Gasteiger partial charge on any atom is 0.275 e. The van der Waals surface area contributed by atoms with Gasteiger partial charge in [0.1, 0.15) is 5.75 Å². The van der Waals surface area contributed by atoms with Gasteiger partial charge in [0, 0.05) is 24.4 Å². The van der Waals surface area contributed by atoms with Crippen molar-refractivity contribution in [3.05, 3.63) is 28.3 Å². The van der Waals surface area contributed by atoms with E-state index in [0.717, 1.165) is 6.42 Å². The van der Waals surface area contributed by atoms with Gasteiger partial charge in [-0.15, -0.1) is 0 Å². The molecule has 0 aliphatic carbocycles. The summed E-state index contributed by atoms with van der Waals surface area (Å²) in [6.07, 6.45) is 1.03.